The summed E-state index contributed by atoms with van der Waals surface area (Å²) < 4.78 is 4.93. The van der Waals surface area contributed by atoms with Gasteiger partial charge in [0.05, 0.1) is 22.1 Å². The number of thiophene rings is 1. The third-order valence-electron chi connectivity index (χ3n) is 13.5. The summed E-state index contributed by atoms with van der Waals surface area (Å²) in [4.78, 5) is 15.5. The average molecular weight is 819 g/mol. The van der Waals surface area contributed by atoms with Gasteiger partial charge in [0.1, 0.15) is 0 Å². The number of aromatic nitrogens is 4. The van der Waals surface area contributed by atoms with Gasteiger partial charge in [-0.15, -0.1) is 11.3 Å². The smallest absolute Gasteiger partial charge is 0.165 e. The molecule has 0 saturated heterocycles. The maximum Gasteiger partial charge on any atom is 0.165 e. The van der Waals surface area contributed by atoms with Crippen molar-refractivity contribution in [3.63, 3.8) is 0 Å². The second-order valence-electron chi connectivity index (χ2n) is 16.6. The molecule has 3 aromatic heterocycles. The van der Waals surface area contributed by atoms with Crippen LogP contribution in [0.5, 0.6) is 0 Å². The summed E-state index contributed by atoms with van der Waals surface area (Å²) in [5, 5.41) is 4.87. The van der Waals surface area contributed by atoms with E-state index >= 15 is 0 Å². The summed E-state index contributed by atoms with van der Waals surface area (Å²) in [6, 6.07) is 74.8. The summed E-state index contributed by atoms with van der Waals surface area (Å²) in [7, 11) is 0. The van der Waals surface area contributed by atoms with E-state index in [1.54, 1.807) is 0 Å². The fourth-order valence-electron chi connectivity index (χ4n) is 11.0. The lowest BCUT2D eigenvalue weighted by Crippen LogP contribution is -2.25. The van der Waals surface area contributed by atoms with Crippen molar-refractivity contribution in [2.45, 2.75) is 5.41 Å². The van der Waals surface area contributed by atoms with Crippen LogP contribution in [-0.2, 0) is 5.41 Å². The molecule has 0 unspecified atom stereocenters. The Balaban J connectivity index is 1.10. The van der Waals surface area contributed by atoms with Gasteiger partial charge in [0.2, 0.25) is 0 Å². The van der Waals surface area contributed by atoms with E-state index in [1.165, 1.54) is 81.8 Å². The minimum absolute atomic E-state index is 0.450. The first-order valence-electron chi connectivity index (χ1n) is 21.5. The third-order valence-corrected chi connectivity index (χ3v) is 14.7. The monoisotopic (exact) mass is 818 g/mol. The van der Waals surface area contributed by atoms with Crippen LogP contribution in [0.4, 0.5) is 0 Å². The van der Waals surface area contributed by atoms with Crippen LogP contribution < -0.4 is 0 Å². The predicted molar refractivity (Wildman–Crippen MR) is 260 cm³/mol. The first-order valence-corrected chi connectivity index (χ1v) is 22.3. The number of hydrogen-bond acceptors (Lipinski definition) is 4. The number of fused-ring (bicyclic) bond motifs is 17. The number of hydrogen-bond donors (Lipinski definition) is 0. The van der Waals surface area contributed by atoms with Gasteiger partial charge in [-0.1, -0.05) is 182 Å². The highest BCUT2D eigenvalue weighted by Crippen LogP contribution is 2.64. The molecule has 0 N–H and O–H groups in total. The highest BCUT2D eigenvalue weighted by Gasteiger charge is 2.52. The Morgan fingerprint density at radius 1 is 0.381 bits per heavy atom. The van der Waals surface area contributed by atoms with E-state index in [-0.39, 0.29) is 0 Å². The first-order chi connectivity index (χ1) is 31.3. The van der Waals surface area contributed by atoms with E-state index in [0.29, 0.717) is 17.5 Å². The van der Waals surface area contributed by atoms with Gasteiger partial charge in [0, 0.05) is 53.2 Å². The van der Waals surface area contributed by atoms with E-state index in [1.807, 2.05) is 47.7 Å². The first kappa shape index (κ1) is 34.7. The second kappa shape index (κ2) is 13.0. The summed E-state index contributed by atoms with van der Waals surface area (Å²) in [5.74, 6) is 1.96. The standard InChI is InChI=1S/C58H34N4S/c1-3-17-35(18-4-1)55-59-56(36-19-5-2-6-20-36)61-57(60-55)43-32-34-49(52-42-25-11-16-30-50(42)63-54(43)52)62-48-29-15-10-23-39(48)40-31-33-47-51(53(40)62)41-24-9-14-28-46(41)58(47)44-26-12-7-21-37(44)38-22-8-13-27-45(38)58/h1-34H. The molecule has 9 aromatic carbocycles. The van der Waals surface area contributed by atoms with Crippen LogP contribution in [-0.4, -0.2) is 19.5 Å². The van der Waals surface area contributed by atoms with Crippen molar-refractivity contribution in [2.75, 3.05) is 0 Å². The lowest BCUT2D eigenvalue weighted by atomic mass is 9.70. The van der Waals surface area contributed by atoms with E-state index in [2.05, 4.69) is 174 Å². The molecule has 3 heterocycles. The molecule has 2 aliphatic carbocycles. The molecular weight excluding hydrogens is 785 g/mol. The Bertz CT molecular complexity index is 3760. The normalized spacial score (nSPS) is 13.2. The highest BCUT2D eigenvalue weighted by molar-refractivity contribution is 7.26. The molecule has 0 fully saturated rings. The Morgan fingerprint density at radius 2 is 0.921 bits per heavy atom. The summed E-state index contributed by atoms with van der Waals surface area (Å²) in [5.41, 5.74) is 16.5. The Morgan fingerprint density at radius 3 is 1.60 bits per heavy atom. The van der Waals surface area contributed by atoms with Crippen LogP contribution in [0, 0.1) is 0 Å². The fourth-order valence-corrected chi connectivity index (χ4v) is 12.2. The van der Waals surface area contributed by atoms with E-state index in [4.69, 9.17) is 15.0 Å². The predicted octanol–water partition coefficient (Wildman–Crippen LogP) is 14.7. The molecule has 14 rings (SSSR count). The van der Waals surface area contributed by atoms with Crippen molar-refractivity contribution in [3.8, 4) is 62.1 Å². The van der Waals surface area contributed by atoms with Crippen LogP contribution in [0.15, 0.2) is 206 Å². The zero-order chi connectivity index (χ0) is 41.2. The van der Waals surface area contributed by atoms with Gasteiger partial charge < -0.3 is 4.57 Å². The summed E-state index contributed by atoms with van der Waals surface area (Å²) in [6.07, 6.45) is 0. The zero-order valence-corrected chi connectivity index (χ0v) is 34.6. The molecule has 0 radical (unpaired) electrons. The number of para-hydroxylation sites is 1. The van der Waals surface area contributed by atoms with Gasteiger partial charge >= 0.3 is 0 Å². The van der Waals surface area contributed by atoms with Crippen LogP contribution in [0.25, 0.3) is 104 Å². The molecular formula is C58H34N4S. The average Bonchev–Trinajstić information content (AvgIpc) is 4.08. The number of nitrogens with zero attached hydrogens (tertiary/aromatic N) is 4. The number of rotatable bonds is 4. The summed E-state index contributed by atoms with van der Waals surface area (Å²) >= 11 is 1.81. The molecule has 0 bridgehead atoms. The van der Waals surface area contributed by atoms with Crippen molar-refractivity contribution in [1.82, 2.24) is 19.5 Å². The molecule has 0 atom stereocenters. The topological polar surface area (TPSA) is 43.6 Å². The van der Waals surface area contributed by atoms with Crippen molar-refractivity contribution >= 4 is 53.3 Å². The van der Waals surface area contributed by atoms with Crippen molar-refractivity contribution in [3.05, 3.63) is 229 Å². The van der Waals surface area contributed by atoms with Crippen molar-refractivity contribution < 1.29 is 0 Å². The Hall–Kier alpha value is -7.99. The maximum absolute atomic E-state index is 5.24. The molecule has 63 heavy (non-hydrogen) atoms. The molecule has 0 amide bonds. The van der Waals surface area contributed by atoms with Crippen LogP contribution in [0.3, 0.4) is 0 Å². The molecule has 12 aromatic rings. The van der Waals surface area contributed by atoms with Gasteiger partial charge in [-0.3, -0.25) is 0 Å². The minimum Gasteiger partial charge on any atom is -0.308 e. The van der Waals surface area contributed by atoms with E-state index in [9.17, 15) is 0 Å². The largest absolute Gasteiger partial charge is 0.308 e. The highest BCUT2D eigenvalue weighted by atomic mass is 32.1. The quantitative estimate of drug-likeness (QED) is 0.178. The fraction of sp³-hybridized carbons (Fsp3) is 0.0172. The molecule has 292 valence electrons. The number of benzene rings is 9. The minimum atomic E-state index is -0.450. The van der Waals surface area contributed by atoms with Crippen LogP contribution in [0.2, 0.25) is 0 Å². The van der Waals surface area contributed by atoms with Crippen LogP contribution in [0.1, 0.15) is 22.3 Å². The molecule has 4 nitrogen and oxygen atoms in total. The molecule has 0 aliphatic heterocycles. The molecule has 2 aliphatic rings. The van der Waals surface area contributed by atoms with E-state index < -0.39 is 5.41 Å². The van der Waals surface area contributed by atoms with Crippen molar-refractivity contribution in [2.24, 2.45) is 0 Å². The van der Waals surface area contributed by atoms with Gasteiger partial charge in [-0.2, -0.15) is 0 Å². The van der Waals surface area contributed by atoms with Crippen molar-refractivity contribution in [1.29, 1.82) is 0 Å². The maximum atomic E-state index is 5.24. The van der Waals surface area contributed by atoms with Gasteiger partial charge in [-0.05, 0) is 63.2 Å². The Labute approximate surface area is 367 Å². The Kier molecular flexibility index (Phi) is 7.16. The summed E-state index contributed by atoms with van der Waals surface area (Å²) in [6.45, 7) is 0. The second-order valence-corrected chi connectivity index (χ2v) is 17.6. The third kappa shape index (κ3) is 4.66. The molecule has 0 saturated carbocycles. The SMILES string of the molecule is c1ccc(-c2nc(-c3ccccc3)nc(-c3ccc(-n4c5ccccc5c5ccc6c(c54)-c4ccccc4C64c5ccccc5-c5ccccc54)c4c3sc3ccccc34)n2)cc1. The lowest BCUT2D eigenvalue weighted by molar-refractivity contribution is 0.794. The zero-order valence-electron chi connectivity index (χ0n) is 33.8. The van der Waals surface area contributed by atoms with Gasteiger partial charge in [0.25, 0.3) is 0 Å². The molecule has 5 heteroatoms. The van der Waals surface area contributed by atoms with E-state index in [0.717, 1.165) is 27.1 Å². The van der Waals surface area contributed by atoms with Crippen LogP contribution >= 0.6 is 11.3 Å². The lowest BCUT2D eigenvalue weighted by Gasteiger charge is -2.30. The van der Waals surface area contributed by atoms with Gasteiger partial charge in [-0.25, -0.2) is 15.0 Å². The van der Waals surface area contributed by atoms with Gasteiger partial charge in [0.15, 0.2) is 17.5 Å². The molecule has 1 spiro atoms.